The zero-order valence-electron chi connectivity index (χ0n) is 16.2. The monoisotopic (exact) mass is 410 g/mol. The summed E-state index contributed by atoms with van der Waals surface area (Å²) in [6, 6.07) is 10.5. The molecule has 1 heterocycles. The summed E-state index contributed by atoms with van der Waals surface area (Å²) in [7, 11) is 1.39. The predicted molar refractivity (Wildman–Crippen MR) is 109 cm³/mol. The van der Waals surface area contributed by atoms with Gasteiger partial charge >= 0.3 is 11.4 Å². The van der Waals surface area contributed by atoms with Crippen LogP contribution in [0.5, 0.6) is 11.5 Å². The minimum atomic E-state index is -0.636. The molecule has 0 amide bonds. The topological polar surface area (TPSA) is 145 Å². The second kappa shape index (κ2) is 9.28. The van der Waals surface area contributed by atoms with Gasteiger partial charge in [0, 0.05) is 11.6 Å². The van der Waals surface area contributed by atoms with E-state index in [9.17, 15) is 14.9 Å². The van der Waals surface area contributed by atoms with Crippen molar-refractivity contribution in [2.75, 3.05) is 12.5 Å². The number of ether oxygens (including phenoxy) is 2. The fourth-order valence-corrected chi connectivity index (χ4v) is 2.58. The van der Waals surface area contributed by atoms with Gasteiger partial charge in [-0.05, 0) is 24.1 Å². The molecular weight excluding hydrogens is 392 g/mol. The Balaban J connectivity index is 1.85. The van der Waals surface area contributed by atoms with Crippen LogP contribution in [-0.2, 0) is 6.61 Å². The van der Waals surface area contributed by atoms with Crippen LogP contribution in [0.4, 0.5) is 11.5 Å². The third-order valence-electron chi connectivity index (χ3n) is 4.07. The van der Waals surface area contributed by atoms with Gasteiger partial charge in [-0.25, -0.2) is 9.89 Å². The van der Waals surface area contributed by atoms with Crippen LogP contribution in [-0.4, -0.2) is 33.4 Å². The summed E-state index contributed by atoms with van der Waals surface area (Å²) < 4.78 is 11.0. The standard InChI is InChI=1S/C19H18N6O5/c1-12-5-3-4-6-14(12)11-30-18-15(25(27)28)7-13(8-16(18)29-2)9-20-23-17-10-21-24-19(26)22-17/h3-10H,11H2,1-2H3,(H2,22,23,24,26)/b20-9+. The highest BCUT2D eigenvalue weighted by molar-refractivity contribution is 5.83. The molecule has 0 fully saturated rings. The maximum atomic E-state index is 11.6. The lowest BCUT2D eigenvalue weighted by atomic mass is 10.1. The number of nitrogens with zero attached hydrogens (tertiary/aromatic N) is 4. The number of hydrazone groups is 1. The second-order valence-corrected chi connectivity index (χ2v) is 6.09. The largest absolute Gasteiger partial charge is 0.493 e. The Morgan fingerprint density at radius 3 is 2.83 bits per heavy atom. The third kappa shape index (κ3) is 4.95. The minimum absolute atomic E-state index is 0.0244. The molecule has 0 saturated heterocycles. The maximum Gasteiger partial charge on any atom is 0.363 e. The first-order chi connectivity index (χ1) is 14.5. The molecule has 3 aromatic rings. The van der Waals surface area contributed by atoms with E-state index in [1.54, 1.807) is 6.07 Å². The molecule has 11 heteroatoms. The molecule has 2 aromatic carbocycles. The number of benzene rings is 2. The van der Waals surface area contributed by atoms with Crippen molar-refractivity contribution in [2.45, 2.75) is 13.5 Å². The zero-order chi connectivity index (χ0) is 21.5. The van der Waals surface area contributed by atoms with Gasteiger partial charge in [0.15, 0.2) is 11.6 Å². The number of rotatable bonds is 8. The van der Waals surface area contributed by atoms with E-state index < -0.39 is 10.6 Å². The van der Waals surface area contributed by atoms with Crippen molar-refractivity contribution in [1.82, 2.24) is 15.2 Å². The van der Waals surface area contributed by atoms with Gasteiger partial charge in [0.05, 0.1) is 24.4 Å². The molecule has 11 nitrogen and oxygen atoms in total. The molecule has 154 valence electrons. The Kier molecular flexibility index (Phi) is 6.33. The van der Waals surface area contributed by atoms with Crippen molar-refractivity contribution >= 4 is 17.7 Å². The quantitative estimate of drug-likeness (QED) is 0.327. The van der Waals surface area contributed by atoms with Crippen LogP contribution in [0.25, 0.3) is 0 Å². The van der Waals surface area contributed by atoms with E-state index in [0.29, 0.717) is 5.56 Å². The summed E-state index contributed by atoms with van der Waals surface area (Å²) in [5.74, 6) is 0.334. The average molecular weight is 410 g/mol. The second-order valence-electron chi connectivity index (χ2n) is 6.09. The SMILES string of the molecule is COc1cc(/C=N/Nc2cn[nH]c(=O)n2)cc([N+](=O)[O-])c1OCc1ccccc1C. The van der Waals surface area contributed by atoms with Gasteiger partial charge in [-0.3, -0.25) is 15.5 Å². The number of aromatic nitrogens is 3. The van der Waals surface area contributed by atoms with Crippen LogP contribution < -0.4 is 20.6 Å². The molecule has 0 aliphatic rings. The molecule has 0 spiro atoms. The number of nitrogens with one attached hydrogen (secondary N) is 2. The van der Waals surface area contributed by atoms with Crippen molar-refractivity contribution in [1.29, 1.82) is 0 Å². The maximum absolute atomic E-state index is 11.6. The highest BCUT2D eigenvalue weighted by atomic mass is 16.6. The Morgan fingerprint density at radius 2 is 2.13 bits per heavy atom. The molecule has 0 radical (unpaired) electrons. The first-order valence-corrected chi connectivity index (χ1v) is 8.72. The van der Waals surface area contributed by atoms with E-state index in [2.05, 4.69) is 25.7 Å². The van der Waals surface area contributed by atoms with Crippen molar-refractivity contribution in [3.8, 4) is 11.5 Å². The van der Waals surface area contributed by atoms with Crippen molar-refractivity contribution in [2.24, 2.45) is 5.10 Å². The number of H-pyrrole nitrogens is 1. The number of aromatic amines is 1. The first kappa shape index (κ1) is 20.5. The Morgan fingerprint density at radius 1 is 1.33 bits per heavy atom. The molecule has 30 heavy (non-hydrogen) atoms. The lowest BCUT2D eigenvalue weighted by Gasteiger charge is -2.13. The highest BCUT2D eigenvalue weighted by Crippen LogP contribution is 2.38. The molecule has 2 N–H and O–H groups in total. The summed E-state index contributed by atoms with van der Waals surface area (Å²) in [5.41, 5.74) is 3.92. The smallest absolute Gasteiger partial charge is 0.363 e. The first-order valence-electron chi connectivity index (χ1n) is 8.72. The van der Waals surface area contributed by atoms with E-state index in [1.165, 1.54) is 25.6 Å². The summed E-state index contributed by atoms with van der Waals surface area (Å²) in [6.07, 6.45) is 2.59. The number of hydrogen-bond acceptors (Lipinski definition) is 9. The molecule has 0 bridgehead atoms. The van der Waals surface area contributed by atoms with Gasteiger partial charge < -0.3 is 9.47 Å². The van der Waals surface area contributed by atoms with Gasteiger partial charge in [-0.15, -0.1) is 0 Å². The van der Waals surface area contributed by atoms with E-state index in [1.807, 2.05) is 31.2 Å². The lowest BCUT2D eigenvalue weighted by Crippen LogP contribution is -2.13. The summed E-state index contributed by atoms with van der Waals surface area (Å²) in [5, 5.41) is 21.2. The van der Waals surface area contributed by atoms with Crippen LogP contribution in [0, 0.1) is 17.0 Å². The van der Waals surface area contributed by atoms with E-state index in [0.717, 1.165) is 11.1 Å². The van der Waals surface area contributed by atoms with Crippen LogP contribution in [0.3, 0.4) is 0 Å². The van der Waals surface area contributed by atoms with Crippen molar-refractivity contribution in [3.05, 3.63) is 79.9 Å². The molecule has 3 rings (SSSR count). The number of nitro groups is 1. The summed E-state index contributed by atoms with van der Waals surface area (Å²) in [6.45, 7) is 2.09. The van der Waals surface area contributed by atoms with Crippen molar-refractivity contribution in [3.63, 3.8) is 0 Å². The van der Waals surface area contributed by atoms with Crippen LogP contribution in [0.15, 0.2) is 52.5 Å². The molecule has 0 aliphatic carbocycles. The molecular formula is C19H18N6O5. The van der Waals surface area contributed by atoms with Gasteiger partial charge in [0.1, 0.15) is 6.61 Å². The Hall–Kier alpha value is -4.28. The van der Waals surface area contributed by atoms with E-state index in [-0.39, 0.29) is 29.6 Å². The fourth-order valence-electron chi connectivity index (χ4n) is 2.58. The number of hydrogen-bond donors (Lipinski definition) is 2. The molecule has 0 saturated carbocycles. The lowest BCUT2D eigenvalue weighted by molar-refractivity contribution is -0.386. The number of aryl methyl sites for hydroxylation is 1. The van der Waals surface area contributed by atoms with E-state index in [4.69, 9.17) is 9.47 Å². The number of anilines is 1. The highest BCUT2D eigenvalue weighted by Gasteiger charge is 2.22. The molecule has 0 atom stereocenters. The van der Waals surface area contributed by atoms with Crippen molar-refractivity contribution < 1.29 is 14.4 Å². The van der Waals surface area contributed by atoms with Gasteiger partial charge in [-0.1, -0.05) is 24.3 Å². The Labute approximate surface area is 170 Å². The minimum Gasteiger partial charge on any atom is -0.493 e. The van der Waals surface area contributed by atoms with Crippen LogP contribution >= 0.6 is 0 Å². The summed E-state index contributed by atoms with van der Waals surface area (Å²) >= 11 is 0. The van der Waals surface area contributed by atoms with Gasteiger partial charge in [-0.2, -0.15) is 15.2 Å². The third-order valence-corrected chi connectivity index (χ3v) is 4.07. The van der Waals surface area contributed by atoms with Gasteiger partial charge in [0.2, 0.25) is 5.75 Å². The number of nitro benzene ring substituents is 1. The predicted octanol–water partition coefficient (Wildman–Crippen LogP) is 2.42. The normalized spacial score (nSPS) is 10.7. The molecule has 1 aromatic heterocycles. The van der Waals surface area contributed by atoms with E-state index >= 15 is 0 Å². The number of methoxy groups -OCH3 is 1. The van der Waals surface area contributed by atoms with Crippen LogP contribution in [0.1, 0.15) is 16.7 Å². The summed E-state index contributed by atoms with van der Waals surface area (Å²) in [4.78, 5) is 25.8. The average Bonchev–Trinajstić information content (AvgIpc) is 2.73. The Bertz CT molecular complexity index is 1140. The molecule has 0 aliphatic heterocycles. The molecule has 0 unspecified atom stereocenters. The van der Waals surface area contributed by atoms with Gasteiger partial charge in [0.25, 0.3) is 0 Å². The fraction of sp³-hybridized carbons (Fsp3) is 0.158. The van der Waals surface area contributed by atoms with Crippen LogP contribution in [0.2, 0.25) is 0 Å². The zero-order valence-corrected chi connectivity index (χ0v) is 16.2.